The molecule has 0 atom stereocenters. The maximum absolute atomic E-state index is 5.13. The first-order chi connectivity index (χ1) is 25.7. The zero-order valence-corrected chi connectivity index (χ0v) is 28.2. The highest BCUT2D eigenvalue weighted by atomic mass is 15.0. The van der Waals surface area contributed by atoms with E-state index in [4.69, 9.17) is 15.0 Å². The third kappa shape index (κ3) is 5.37. The summed E-state index contributed by atoms with van der Waals surface area (Å²) < 4.78 is 0. The molecule has 9 aromatic carbocycles. The summed E-state index contributed by atoms with van der Waals surface area (Å²) in [6.45, 7) is 0. The summed E-state index contributed by atoms with van der Waals surface area (Å²) in [5.41, 5.74) is 7.71. The van der Waals surface area contributed by atoms with E-state index in [0.717, 1.165) is 43.6 Å². The summed E-state index contributed by atoms with van der Waals surface area (Å²) in [6.07, 6.45) is 0. The highest BCUT2D eigenvalue weighted by Gasteiger charge is 2.16. The van der Waals surface area contributed by atoms with Crippen molar-refractivity contribution in [2.24, 2.45) is 0 Å². The summed E-state index contributed by atoms with van der Waals surface area (Å²) in [7, 11) is 0. The molecule has 52 heavy (non-hydrogen) atoms. The predicted molar refractivity (Wildman–Crippen MR) is 217 cm³/mol. The van der Waals surface area contributed by atoms with E-state index in [9.17, 15) is 0 Å². The second-order valence-electron chi connectivity index (χ2n) is 13.3. The van der Waals surface area contributed by atoms with Crippen molar-refractivity contribution in [3.05, 3.63) is 188 Å². The van der Waals surface area contributed by atoms with E-state index in [-0.39, 0.29) is 0 Å². The molecule has 0 bridgehead atoms. The van der Waals surface area contributed by atoms with Crippen LogP contribution in [-0.4, -0.2) is 15.0 Å². The lowest BCUT2D eigenvalue weighted by Crippen LogP contribution is -2.00. The van der Waals surface area contributed by atoms with Crippen molar-refractivity contribution in [2.75, 3.05) is 0 Å². The van der Waals surface area contributed by atoms with E-state index in [1.807, 2.05) is 0 Å². The Morgan fingerprint density at radius 2 is 0.596 bits per heavy atom. The Bertz CT molecular complexity index is 2970. The molecule has 0 amide bonds. The van der Waals surface area contributed by atoms with Crippen LogP contribution in [0.4, 0.5) is 0 Å². The monoisotopic (exact) mass is 661 g/mol. The Hall–Kier alpha value is -6.97. The Balaban J connectivity index is 1.08. The van der Waals surface area contributed by atoms with Crippen molar-refractivity contribution < 1.29 is 0 Å². The van der Waals surface area contributed by atoms with Crippen molar-refractivity contribution in [2.45, 2.75) is 0 Å². The van der Waals surface area contributed by atoms with Gasteiger partial charge in [0.2, 0.25) is 0 Å². The van der Waals surface area contributed by atoms with Crippen LogP contribution in [0.25, 0.3) is 99.5 Å². The van der Waals surface area contributed by atoms with Crippen molar-refractivity contribution in [3.63, 3.8) is 0 Å². The number of hydrogen-bond acceptors (Lipinski definition) is 3. The first-order valence-electron chi connectivity index (χ1n) is 17.6. The van der Waals surface area contributed by atoms with Gasteiger partial charge in [0.05, 0.1) is 0 Å². The molecule has 1 heterocycles. The summed E-state index contributed by atoms with van der Waals surface area (Å²) in [5, 5.41) is 9.38. The summed E-state index contributed by atoms with van der Waals surface area (Å²) in [6, 6.07) is 66.6. The van der Waals surface area contributed by atoms with E-state index in [0.29, 0.717) is 17.5 Å². The minimum Gasteiger partial charge on any atom is -0.208 e. The van der Waals surface area contributed by atoms with E-state index in [2.05, 4.69) is 188 Å². The van der Waals surface area contributed by atoms with E-state index in [1.165, 1.54) is 38.4 Å². The minimum atomic E-state index is 0.647. The number of rotatable bonds is 5. The van der Waals surface area contributed by atoms with Gasteiger partial charge in [0, 0.05) is 16.7 Å². The van der Waals surface area contributed by atoms with Crippen molar-refractivity contribution in [3.8, 4) is 56.4 Å². The third-order valence-electron chi connectivity index (χ3n) is 10.1. The highest BCUT2D eigenvalue weighted by molar-refractivity contribution is 5.97. The first-order valence-corrected chi connectivity index (χ1v) is 17.6. The summed E-state index contributed by atoms with van der Waals surface area (Å²) in [4.78, 5) is 15.3. The maximum atomic E-state index is 5.13. The molecule has 0 radical (unpaired) electrons. The number of hydrogen-bond donors (Lipinski definition) is 0. The molecule has 0 aliphatic carbocycles. The average Bonchev–Trinajstić information content (AvgIpc) is 3.22. The van der Waals surface area contributed by atoms with Gasteiger partial charge in [0.1, 0.15) is 0 Å². The van der Waals surface area contributed by atoms with Crippen LogP contribution in [0.5, 0.6) is 0 Å². The quantitative estimate of drug-likeness (QED) is 0.184. The topological polar surface area (TPSA) is 38.7 Å². The lowest BCUT2D eigenvalue weighted by molar-refractivity contribution is 1.08. The number of benzene rings is 9. The molecule has 242 valence electrons. The lowest BCUT2D eigenvalue weighted by atomic mass is 9.92. The van der Waals surface area contributed by atoms with Gasteiger partial charge in [-0.05, 0) is 89.6 Å². The van der Waals surface area contributed by atoms with Gasteiger partial charge in [0.15, 0.2) is 17.5 Å². The van der Waals surface area contributed by atoms with E-state index >= 15 is 0 Å². The zero-order chi connectivity index (χ0) is 34.4. The van der Waals surface area contributed by atoms with Crippen LogP contribution in [0, 0.1) is 0 Å². The number of nitrogens with zero attached hydrogens (tertiary/aromatic N) is 3. The smallest absolute Gasteiger partial charge is 0.164 e. The zero-order valence-electron chi connectivity index (χ0n) is 28.2. The Morgan fingerprint density at radius 3 is 1.17 bits per heavy atom. The molecule has 0 aliphatic rings. The molecule has 0 saturated heterocycles. The molecular weight excluding hydrogens is 631 g/mol. The van der Waals surface area contributed by atoms with Crippen LogP contribution in [0.1, 0.15) is 0 Å². The molecule has 3 nitrogen and oxygen atoms in total. The number of fused-ring (bicyclic) bond motifs is 4. The molecule has 0 unspecified atom stereocenters. The van der Waals surface area contributed by atoms with Gasteiger partial charge < -0.3 is 0 Å². The molecule has 10 aromatic rings. The standard InChI is InChI=1S/C49H31N3/c1-3-13-35-28-39(24-20-32(35)10-1)44-17-7-8-18-45(44)40-25-22-38-31-42(27-23-37(38)29-40)48-50-47(41-26-21-33-11-2-4-14-36(33)30-41)51-49(52-48)46-19-9-15-34-12-5-6-16-43(34)46/h1-31H. The molecule has 10 rings (SSSR count). The van der Waals surface area contributed by atoms with E-state index < -0.39 is 0 Å². The highest BCUT2D eigenvalue weighted by Crippen LogP contribution is 2.36. The molecule has 0 aliphatic heterocycles. The normalized spacial score (nSPS) is 11.5. The molecule has 1 aromatic heterocycles. The van der Waals surface area contributed by atoms with Gasteiger partial charge >= 0.3 is 0 Å². The largest absolute Gasteiger partial charge is 0.208 e. The van der Waals surface area contributed by atoms with Crippen LogP contribution in [0.15, 0.2) is 188 Å². The van der Waals surface area contributed by atoms with Crippen LogP contribution >= 0.6 is 0 Å². The van der Waals surface area contributed by atoms with E-state index in [1.54, 1.807) is 0 Å². The van der Waals surface area contributed by atoms with Gasteiger partial charge in [-0.1, -0.05) is 164 Å². The minimum absolute atomic E-state index is 0.647. The SMILES string of the molecule is c1ccc(-c2ccc3cc(-c4nc(-c5ccc6ccccc6c5)nc(-c5cccc6ccccc56)n4)ccc3c2)c(-c2ccc3ccccc3c2)c1. The fraction of sp³-hybridized carbons (Fsp3) is 0. The molecular formula is C49H31N3. The van der Waals surface area contributed by atoms with Gasteiger partial charge in [0.25, 0.3) is 0 Å². The lowest BCUT2D eigenvalue weighted by Gasteiger charge is -2.13. The summed E-state index contributed by atoms with van der Waals surface area (Å²) >= 11 is 0. The number of aromatic nitrogens is 3. The fourth-order valence-corrected chi connectivity index (χ4v) is 7.40. The first kappa shape index (κ1) is 29.9. The van der Waals surface area contributed by atoms with Crippen LogP contribution < -0.4 is 0 Å². The Kier molecular flexibility index (Phi) is 7.14. The molecule has 0 saturated carbocycles. The second-order valence-corrected chi connectivity index (χ2v) is 13.3. The Morgan fingerprint density at radius 1 is 0.231 bits per heavy atom. The average molecular weight is 662 g/mol. The van der Waals surface area contributed by atoms with Crippen molar-refractivity contribution in [1.82, 2.24) is 15.0 Å². The second kappa shape index (κ2) is 12.4. The van der Waals surface area contributed by atoms with Gasteiger partial charge in [-0.15, -0.1) is 0 Å². The maximum Gasteiger partial charge on any atom is 0.164 e. The van der Waals surface area contributed by atoms with Gasteiger partial charge in [-0.25, -0.2) is 15.0 Å². The van der Waals surface area contributed by atoms with Gasteiger partial charge in [-0.2, -0.15) is 0 Å². The fourth-order valence-electron chi connectivity index (χ4n) is 7.40. The molecule has 0 spiro atoms. The van der Waals surface area contributed by atoms with Crippen LogP contribution in [0.2, 0.25) is 0 Å². The van der Waals surface area contributed by atoms with Crippen molar-refractivity contribution in [1.29, 1.82) is 0 Å². The molecule has 3 heteroatoms. The molecule has 0 N–H and O–H groups in total. The van der Waals surface area contributed by atoms with Gasteiger partial charge in [-0.3, -0.25) is 0 Å². The Labute approximate surface area is 301 Å². The molecule has 0 fully saturated rings. The van der Waals surface area contributed by atoms with Crippen molar-refractivity contribution >= 4 is 43.1 Å². The van der Waals surface area contributed by atoms with Crippen LogP contribution in [0.3, 0.4) is 0 Å². The van der Waals surface area contributed by atoms with Crippen LogP contribution in [-0.2, 0) is 0 Å². The predicted octanol–water partition coefficient (Wildman–Crippen LogP) is 12.8. The summed E-state index contributed by atoms with van der Waals surface area (Å²) in [5.74, 6) is 1.96. The third-order valence-corrected chi connectivity index (χ3v) is 10.1.